The van der Waals surface area contributed by atoms with E-state index in [2.05, 4.69) is 6.92 Å². The van der Waals surface area contributed by atoms with Crippen LogP contribution in [0.2, 0.25) is 0 Å². The highest BCUT2D eigenvalue weighted by Crippen LogP contribution is 2.18. The molecule has 2 rings (SSSR count). The second-order valence-electron chi connectivity index (χ2n) is 6.01. The van der Waals surface area contributed by atoms with Crippen molar-refractivity contribution in [1.82, 2.24) is 9.80 Å². The van der Waals surface area contributed by atoms with Crippen LogP contribution in [0.4, 0.5) is 0 Å². The van der Waals surface area contributed by atoms with Crippen molar-refractivity contribution in [3.63, 3.8) is 0 Å². The number of amides is 2. The zero-order valence-electron chi connectivity index (χ0n) is 14.2. The zero-order valence-corrected chi connectivity index (χ0v) is 14.2. The summed E-state index contributed by atoms with van der Waals surface area (Å²) in [4.78, 5) is 28.3. The lowest BCUT2D eigenvalue weighted by Gasteiger charge is -2.38. The van der Waals surface area contributed by atoms with Gasteiger partial charge in [0, 0.05) is 13.1 Å². The maximum Gasteiger partial charge on any atom is 0.245 e. The van der Waals surface area contributed by atoms with Gasteiger partial charge in [0.2, 0.25) is 11.8 Å². The number of rotatable bonds is 7. The first-order chi connectivity index (χ1) is 11.1. The van der Waals surface area contributed by atoms with Gasteiger partial charge < -0.3 is 14.5 Å². The molecule has 1 saturated heterocycles. The topological polar surface area (TPSA) is 49.9 Å². The Hall–Kier alpha value is -2.04. The summed E-state index contributed by atoms with van der Waals surface area (Å²) in [7, 11) is 1.62. The van der Waals surface area contributed by atoms with E-state index >= 15 is 0 Å². The van der Waals surface area contributed by atoms with Crippen LogP contribution in [-0.2, 0) is 16.1 Å². The highest BCUT2D eigenvalue weighted by atomic mass is 16.5. The van der Waals surface area contributed by atoms with Crippen LogP contribution in [0.5, 0.6) is 5.75 Å². The van der Waals surface area contributed by atoms with Gasteiger partial charge in [0.25, 0.3) is 0 Å². The van der Waals surface area contributed by atoms with Gasteiger partial charge in [-0.2, -0.15) is 0 Å². The van der Waals surface area contributed by atoms with E-state index < -0.39 is 0 Å². The summed E-state index contributed by atoms with van der Waals surface area (Å²) in [6.07, 6.45) is 3.15. The van der Waals surface area contributed by atoms with Crippen LogP contribution >= 0.6 is 0 Å². The molecule has 1 fully saturated rings. The number of ether oxygens (including phenoxy) is 1. The third-order valence-electron chi connectivity index (χ3n) is 4.32. The molecule has 5 nitrogen and oxygen atoms in total. The fourth-order valence-electron chi connectivity index (χ4n) is 2.88. The van der Waals surface area contributed by atoms with Crippen LogP contribution in [-0.4, -0.2) is 47.9 Å². The predicted octanol–water partition coefficient (Wildman–Crippen LogP) is 2.44. The van der Waals surface area contributed by atoms with Gasteiger partial charge in [-0.3, -0.25) is 9.59 Å². The van der Waals surface area contributed by atoms with E-state index in [1.165, 1.54) is 0 Å². The van der Waals surface area contributed by atoms with Gasteiger partial charge >= 0.3 is 0 Å². The monoisotopic (exact) mass is 318 g/mol. The molecule has 0 unspecified atom stereocenters. The Morgan fingerprint density at radius 3 is 2.48 bits per heavy atom. The van der Waals surface area contributed by atoms with Crippen molar-refractivity contribution in [3.8, 4) is 5.75 Å². The van der Waals surface area contributed by atoms with Crippen molar-refractivity contribution < 1.29 is 14.3 Å². The van der Waals surface area contributed by atoms with E-state index in [0.717, 1.165) is 30.6 Å². The Bertz CT molecular complexity index is 542. The van der Waals surface area contributed by atoms with E-state index in [1.807, 2.05) is 31.2 Å². The number of methoxy groups -OCH3 is 1. The zero-order chi connectivity index (χ0) is 16.8. The Labute approximate surface area is 138 Å². The van der Waals surface area contributed by atoms with Crippen molar-refractivity contribution in [1.29, 1.82) is 0 Å². The number of unbranched alkanes of at least 4 members (excludes halogenated alkanes) is 2. The van der Waals surface area contributed by atoms with Crippen molar-refractivity contribution in [3.05, 3.63) is 29.8 Å². The highest BCUT2D eigenvalue weighted by molar-refractivity contribution is 5.94. The number of hydrogen-bond donors (Lipinski definition) is 0. The smallest absolute Gasteiger partial charge is 0.245 e. The maximum atomic E-state index is 12.5. The van der Waals surface area contributed by atoms with E-state index in [0.29, 0.717) is 13.1 Å². The fourth-order valence-corrected chi connectivity index (χ4v) is 2.88. The second-order valence-corrected chi connectivity index (χ2v) is 6.01. The molecule has 0 radical (unpaired) electrons. The average molecular weight is 318 g/mol. The lowest BCUT2D eigenvalue weighted by molar-refractivity contribution is -0.155. The minimum Gasteiger partial charge on any atom is -0.497 e. The van der Waals surface area contributed by atoms with Crippen LogP contribution in [0, 0.1) is 0 Å². The van der Waals surface area contributed by atoms with Crippen molar-refractivity contribution in [2.45, 2.75) is 45.7 Å². The van der Waals surface area contributed by atoms with Crippen LogP contribution in [0.3, 0.4) is 0 Å². The van der Waals surface area contributed by atoms with Gasteiger partial charge in [-0.05, 0) is 31.0 Å². The standard InChI is InChI=1S/C18H26N2O3/c1-4-5-6-11-20-14(2)18(22)19(13-17(20)21)12-15-7-9-16(23-3)10-8-15/h7-10,14H,4-6,11-13H2,1-3H3/t14-/m0/s1. The van der Waals surface area contributed by atoms with Gasteiger partial charge in [-0.25, -0.2) is 0 Å². The first-order valence-corrected chi connectivity index (χ1v) is 8.28. The molecule has 0 aromatic heterocycles. The van der Waals surface area contributed by atoms with Gasteiger partial charge in [0.1, 0.15) is 18.3 Å². The van der Waals surface area contributed by atoms with Gasteiger partial charge in [-0.15, -0.1) is 0 Å². The maximum absolute atomic E-state index is 12.5. The molecule has 0 bridgehead atoms. The third kappa shape index (κ3) is 4.24. The molecule has 0 N–H and O–H groups in total. The van der Waals surface area contributed by atoms with Crippen LogP contribution in [0.15, 0.2) is 24.3 Å². The van der Waals surface area contributed by atoms with Crippen LogP contribution in [0.1, 0.15) is 38.7 Å². The number of benzene rings is 1. The van der Waals surface area contributed by atoms with E-state index in [9.17, 15) is 9.59 Å². The summed E-state index contributed by atoms with van der Waals surface area (Å²) >= 11 is 0. The van der Waals surface area contributed by atoms with Gasteiger partial charge in [0.15, 0.2) is 0 Å². The molecule has 1 atom stereocenters. The molecule has 1 aromatic carbocycles. The molecular formula is C18H26N2O3. The minimum atomic E-state index is -0.369. The van der Waals surface area contributed by atoms with Gasteiger partial charge in [-0.1, -0.05) is 31.9 Å². The molecule has 1 heterocycles. The lowest BCUT2D eigenvalue weighted by Crippen LogP contribution is -2.58. The molecule has 1 aliphatic heterocycles. The van der Waals surface area contributed by atoms with Crippen molar-refractivity contribution >= 4 is 11.8 Å². The predicted molar refractivity (Wildman–Crippen MR) is 89.1 cm³/mol. The number of nitrogens with zero attached hydrogens (tertiary/aromatic N) is 2. The first kappa shape index (κ1) is 17.3. The van der Waals surface area contributed by atoms with Crippen LogP contribution < -0.4 is 4.74 Å². The molecule has 1 aliphatic rings. The Kier molecular flexibility index (Phi) is 6.02. The van der Waals surface area contributed by atoms with Crippen molar-refractivity contribution in [2.75, 3.05) is 20.2 Å². The van der Waals surface area contributed by atoms with E-state index in [1.54, 1.807) is 16.9 Å². The molecule has 23 heavy (non-hydrogen) atoms. The van der Waals surface area contributed by atoms with E-state index in [4.69, 9.17) is 4.74 Å². The molecule has 0 aliphatic carbocycles. The van der Waals surface area contributed by atoms with Crippen LogP contribution in [0.25, 0.3) is 0 Å². The largest absolute Gasteiger partial charge is 0.497 e. The van der Waals surface area contributed by atoms with E-state index in [-0.39, 0.29) is 24.4 Å². The quantitative estimate of drug-likeness (QED) is 0.726. The summed E-state index contributed by atoms with van der Waals surface area (Å²) in [5.41, 5.74) is 0.999. The number of carbonyl (C=O) groups excluding carboxylic acids is 2. The molecule has 5 heteroatoms. The fraction of sp³-hybridized carbons (Fsp3) is 0.556. The molecule has 126 valence electrons. The summed E-state index contributed by atoms with van der Waals surface area (Å²) < 4.78 is 5.13. The first-order valence-electron chi connectivity index (χ1n) is 8.28. The lowest BCUT2D eigenvalue weighted by atomic mass is 10.1. The Balaban J connectivity index is 1.99. The Morgan fingerprint density at radius 1 is 1.17 bits per heavy atom. The normalized spacial score (nSPS) is 18.5. The van der Waals surface area contributed by atoms with Gasteiger partial charge in [0.05, 0.1) is 7.11 Å². The average Bonchev–Trinajstić information content (AvgIpc) is 2.56. The molecule has 0 spiro atoms. The number of carbonyl (C=O) groups is 2. The molecule has 2 amide bonds. The Morgan fingerprint density at radius 2 is 1.87 bits per heavy atom. The van der Waals surface area contributed by atoms with Crippen molar-refractivity contribution in [2.24, 2.45) is 0 Å². The summed E-state index contributed by atoms with van der Waals surface area (Å²) in [6.45, 7) is 5.26. The number of piperazine rings is 1. The molecular weight excluding hydrogens is 292 g/mol. The number of hydrogen-bond acceptors (Lipinski definition) is 3. The highest BCUT2D eigenvalue weighted by Gasteiger charge is 2.35. The summed E-state index contributed by atoms with van der Waals surface area (Å²) in [5.74, 6) is 0.851. The third-order valence-corrected chi connectivity index (χ3v) is 4.32. The second kappa shape index (κ2) is 7.99. The summed E-state index contributed by atoms with van der Waals surface area (Å²) in [6, 6.07) is 7.22. The SMILES string of the molecule is CCCCCN1C(=O)CN(Cc2ccc(OC)cc2)C(=O)[C@@H]1C. The summed E-state index contributed by atoms with van der Waals surface area (Å²) in [5, 5.41) is 0. The molecule has 1 aromatic rings. The minimum absolute atomic E-state index is 0.0249. The molecule has 0 saturated carbocycles.